The molecule has 162 valence electrons. The third-order valence-electron chi connectivity index (χ3n) is 6.74. The van der Waals surface area contributed by atoms with Gasteiger partial charge in [0.25, 0.3) is 0 Å². The Kier molecular flexibility index (Phi) is 5.06. The van der Waals surface area contributed by atoms with Crippen LogP contribution in [0, 0.1) is 6.92 Å². The Balaban J connectivity index is 1.22. The van der Waals surface area contributed by atoms with Crippen molar-refractivity contribution in [3.8, 4) is 0 Å². The van der Waals surface area contributed by atoms with Crippen LogP contribution < -0.4 is 15.1 Å². The van der Waals surface area contributed by atoms with E-state index in [-0.39, 0.29) is 18.1 Å². The molecule has 7 heteroatoms. The normalized spacial score (nSPS) is 23.3. The average molecular weight is 421 g/mol. The first-order valence-corrected chi connectivity index (χ1v) is 10.9. The van der Waals surface area contributed by atoms with Crippen LogP contribution in [0.25, 0.3) is 0 Å². The fourth-order valence-electron chi connectivity index (χ4n) is 5.05. The number of rotatable bonds is 4. The summed E-state index contributed by atoms with van der Waals surface area (Å²) in [7, 11) is 0. The SMILES string of the molecule is Cc1cccc(N2CC(CN3CCC4(CC3)C(=O)NCN4c3ccccc3)OC2=O)c1. The number of nitrogens with one attached hydrogen (secondary N) is 1. The van der Waals surface area contributed by atoms with E-state index in [0.717, 1.165) is 42.9 Å². The molecular weight excluding hydrogens is 392 g/mol. The molecule has 2 aromatic rings. The number of benzene rings is 2. The number of para-hydroxylation sites is 1. The number of carbonyl (C=O) groups is 2. The zero-order chi connectivity index (χ0) is 21.4. The first-order chi connectivity index (χ1) is 15.0. The molecule has 3 saturated heterocycles. The molecule has 0 radical (unpaired) electrons. The van der Waals surface area contributed by atoms with E-state index in [0.29, 0.717) is 19.8 Å². The van der Waals surface area contributed by atoms with Crippen LogP contribution in [-0.2, 0) is 9.53 Å². The second-order valence-electron chi connectivity index (χ2n) is 8.72. The van der Waals surface area contributed by atoms with Gasteiger partial charge in [-0.05, 0) is 49.6 Å². The highest BCUT2D eigenvalue weighted by atomic mass is 16.6. The number of carbonyl (C=O) groups excluding carboxylic acids is 2. The minimum absolute atomic E-state index is 0.119. The predicted molar refractivity (Wildman–Crippen MR) is 119 cm³/mol. The molecule has 1 N–H and O–H groups in total. The lowest BCUT2D eigenvalue weighted by Crippen LogP contribution is -2.57. The van der Waals surface area contributed by atoms with E-state index < -0.39 is 5.54 Å². The van der Waals surface area contributed by atoms with Crippen LogP contribution >= 0.6 is 0 Å². The minimum Gasteiger partial charge on any atom is -0.443 e. The molecule has 0 saturated carbocycles. The summed E-state index contributed by atoms with van der Waals surface area (Å²) in [4.78, 5) is 31.5. The van der Waals surface area contributed by atoms with E-state index in [1.165, 1.54) is 0 Å². The maximum Gasteiger partial charge on any atom is 0.414 e. The van der Waals surface area contributed by atoms with Crippen molar-refractivity contribution in [1.82, 2.24) is 10.2 Å². The van der Waals surface area contributed by atoms with Crippen LogP contribution in [0.4, 0.5) is 16.2 Å². The van der Waals surface area contributed by atoms with Crippen molar-refractivity contribution in [2.45, 2.75) is 31.4 Å². The molecule has 0 aromatic heterocycles. The first-order valence-electron chi connectivity index (χ1n) is 10.9. The number of amides is 2. The number of hydrogen-bond donors (Lipinski definition) is 1. The zero-order valence-electron chi connectivity index (χ0n) is 17.8. The number of hydrogen-bond acceptors (Lipinski definition) is 5. The third kappa shape index (κ3) is 3.63. The zero-order valence-corrected chi connectivity index (χ0v) is 17.8. The molecule has 1 atom stereocenters. The molecular formula is C24H28N4O3. The van der Waals surface area contributed by atoms with E-state index in [1.807, 2.05) is 49.4 Å². The summed E-state index contributed by atoms with van der Waals surface area (Å²) in [5, 5.41) is 3.04. The van der Waals surface area contributed by atoms with Gasteiger partial charge in [-0.15, -0.1) is 0 Å². The summed E-state index contributed by atoms with van der Waals surface area (Å²) < 4.78 is 5.66. The molecule has 3 fully saturated rings. The van der Waals surface area contributed by atoms with Crippen molar-refractivity contribution in [1.29, 1.82) is 0 Å². The molecule has 31 heavy (non-hydrogen) atoms. The molecule has 3 aliphatic rings. The molecule has 3 heterocycles. The Bertz CT molecular complexity index is 972. The number of anilines is 2. The molecule has 1 spiro atoms. The molecule has 0 aliphatic carbocycles. The van der Waals surface area contributed by atoms with E-state index in [4.69, 9.17) is 4.74 Å². The molecule has 7 nitrogen and oxygen atoms in total. The van der Waals surface area contributed by atoms with Crippen LogP contribution in [0.15, 0.2) is 54.6 Å². The van der Waals surface area contributed by atoms with Gasteiger partial charge in [0.15, 0.2) is 0 Å². The maximum absolute atomic E-state index is 12.8. The smallest absolute Gasteiger partial charge is 0.414 e. The lowest BCUT2D eigenvalue weighted by molar-refractivity contribution is -0.125. The van der Waals surface area contributed by atoms with E-state index in [9.17, 15) is 9.59 Å². The number of cyclic esters (lactones) is 1. The minimum atomic E-state index is -0.488. The van der Waals surface area contributed by atoms with Crippen LogP contribution in [-0.4, -0.2) is 61.4 Å². The molecule has 3 aliphatic heterocycles. The summed E-state index contributed by atoms with van der Waals surface area (Å²) in [6.07, 6.45) is 1.07. The summed E-state index contributed by atoms with van der Waals surface area (Å²) in [5.41, 5.74) is 2.59. The van der Waals surface area contributed by atoms with Gasteiger partial charge >= 0.3 is 6.09 Å². The first kappa shape index (κ1) is 19.9. The summed E-state index contributed by atoms with van der Waals surface area (Å²) in [5.74, 6) is 0.119. The van der Waals surface area contributed by atoms with Crippen molar-refractivity contribution in [2.75, 3.05) is 42.6 Å². The van der Waals surface area contributed by atoms with E-state index in [2.05, 4.69) is 27.2 Å². The van der Waals surface area contributed by atoms with Gasteiger partial charge in [-0.3, -0.25) is 14.6 Å². The average Bonchev–Trinajstić information content (AvgIpc) is 3.30. The van der Waals surface area contributed by atoms with Gasteiger partial charge < -0.3 is 15.0 Å². The standard InChI is InChI=1S/C24H28N4O3/c1-18-6-5-9-20(14-18)27-16-21(31-23(27)30)15-26-12-10-24(11-13-26)22(29)25-17-28(24)19-7-3-2-4-8-19/h2-9,14,21H,10-13,15-17H2,1H3,(H,25,29). The van der Waals surface area contributed by atoms with Crippen LogP contribution in [0.2, 0.25) is 0 Å². The molecule has 0 bridgehead atoms. The van der Waals surface area contributed by atoms with Gasteiger partial charge in [-0.25, -0.2) is 4.79 Å². The lowest BCUT2D eigenvalue weighted by Gasteiger charge is -2.43. The Morgan fingerprint density at radius 1 is 1.03 bits per heavy atom. The molecule has 5 rings (SSSR count). The van der Waals surface area contributed by atoms with Gasteiger partial charge in [-0.2, -0.15) is 0 Å². The number of piperidine rings is 1. The van der Waals surface area contributed by atoms with Gasteiger partial charge in [0.2, 0.25) is 5.91 Å². The number of nitrogens with zero attached hydrogens (tertiary/aromatic N) is 3. The fourth-order valence-corrected chi connectivity index (χ4v) is 5.05. The third-order valence-corrected chi connectivity index (χ3v) is 6.74. The number of ether oxygens (including phenoxy) is 1. The Labute approximate surface area is 182 Å². The largest absolute Gasteiger partial charge is 0.443 e. The number of likely N-dealkylation sites (tertiary alicyclic amines) is 1. The fraction of sp³-hybridized carbons (Fsp3) is 0.417. The van der Waals surface area contributed by atoms with Crippen molar-refractivity contribution in [2.24, 2.45) is 0 Å². The van der Waals surface area contributed by atoms with Crippen molar-refractivity contribution < 1.29 is 14.3 Å². The Morgan fingerprint density at radius 2 is 1.77 bits per heavy atom. The Hall–Kier alpha value is -3.06. The molecule has 1 unspecified atom stereocenters. The highest BCUT2D eigenvalue weighted by Crippen LogP contribution is 2.36. The highest BCUT2D eigenvalue weighted by Gasteiger charge is 2.50. The van der Waals surface area contributed by atoms with Gasteiger partial charge in [0, 0.05) is 31.0 Å². The summed E-state index contributed by atoms with van der Waals surface area (Å²) in [6.45, 7) is 5.42. The van der Waals surface area contributed by atoms with Crippen molar-refractivity contribution >= 4 is 23.4 Å². The van der Waals surface area contributed by atoms with E-state index in [1.54, 1.807) is 4.90 Å². The van der Waals surface area contributed by atoms with Crippen molar-refractivity contribution in [3.05, 3.63) is 60.2 Å². The van der Waals surface area contributed by atoms with Crippen molar-refractivity contribution in [3.63, 3.8) is 0 Å². The molecule has 2 aromatic carbocycles. The lowest BCUT2D eigenvalue weighted by atomic mass is 9.85. The molecule has 2 amide bonds. The van der Waals surface area contributed by atoms with E-state index >= 15 is 0 Å². The Morgan fingerprint density at radius 3 is 2.52 bits per heavy atom. The summed E-state index contributed by atoms with van der Waals surface area (Å²) >= 11 is 0. The van der Waals surface area contributed by atoms with Gasteiger partial charge in [-0.1, -0.05) is 30.3 Å². The van der Waals surface area contributed by atoms with Crippen LogP contribution in [0.3, 0.4) is 0 Å². The summed E-state index contributed by atoms with van der Waals surface area (Å²) in [6, 6.07) is 18.1. The monoisotopic (exact) mass is 420 g/mol. The van der Waals surface area contributed by atoms with Crippen LogP contribution in [0.1, 0.15) is 18.4 Å². The predicted octanol–water partition coefficient (Wildman–Crippen LogP) is 2.75. The number of aryl methyl sites for hydroxylation is 1. The second kappa shape index (κ2) is 7.89. The maximum atomic E-state index is 12.8. The quantitative estimate of drug-likeness (QED) is 0.824. The second-order valence-corrected chi connectivity index (χ2v) is 8.72. The van der Waals surface area contributed by atoms with Gasteiger partial charge in [0.05, 0.1) is 13.2 Å². The highest BCUT2D eigenvalue weighted by molar-refractivity contribution is 5.93. The van der Waals surface area contributed by atoms with Gasteiger partial charge in [0.1, 0.15) is 11.6 Å². The topological polar surface area (TPSA) is 65.1 Å². The van der Waals surface area contributed by atoms with Crippen LogP contribution in [0.5, 0.6) is 0 Å².